The molecule has 128 valence electrons. The van der Waals surface area contributed by atoms with Gasteiger partial charge in [0.15, 0.2) is 6.29 Å². The number of ether oxygens (including phenoxy) is 1. The fourth-order valence-electron chi connectivity index (χ4n) is 1.65. The number of rotatable bonds is 7. The zero-order chi connectivity index (χ0) is 17.5. The highest BCUT2D eigenvalue weighted by molar-refractivity contribution is 5.90. The number of anilines is 1. The monoisotopic (exact) mass is 324 g/mol. The van der Waals surface area contributed by atoms with E-state index in [1.165, 1.54) is 6.07 Å². The van der Waals surface area contributed by atoms with Crippen LogP contribution in [0.1, 0.15) is 39.0 Å². The number of para-hydroxylation sites is 1. The molecule has 0 unspecified atom stereocenters. The van der Waals surface area contributed by atoms with Crippen LogP contribution in [-0.4, -0.2) is 35.4 Å². The summed E-state index contributed by atoms with van der Waals surface area (Å²) < 4.78 is 5.10. The Balaban J connectivity index is 2.40. The second-order valence-electron chi connectivity index (χ2n) is 5.72. The van der Waals surface area contributed by atoms with E-state index in [2.05, 4.69) is 10.6 Å². The molecular weight excluding hydrogens is 300 g/mol. The fraction of sp³-hybridized carbons (Fsp3) is 0.500. The van der Waals surface area contributed by atoms with Crippen molar-refractivity contribution in [3.63, 3.8) is 0 Å². The van der Waals surface area contributed by atoms with Crippen LogP contribution in [0.25, 0.3) is 0 Å². The van der Waals surface area contributed by atoms with Crippen LogP contribution in [0.4, 0.5) is 10.5 Å². The van der Waals surface area contributed by atoms with E-state index < -0.39 is 17.7 Å². The van der Waals surface area contributed by atoms with Gasteiger partial charge in [-0.25, -0.2) is 4.79 Å². The molecule has 0 spiro atoms. The smallest absolute Gasteiger partial charge is 0.319 e. The van der Waals surface area contributed by atoms with E-state index in [9.17, 15) is 19.8 Å². The molecule has 0 aliphatic heterocycles. The highest BCUT2D eigenvalue weighted by Crippen LogP contribution is 2.21. The van der Waals surface area contributed by atoms with E-state index in [0.29, 0.717) is 12.1 Å². The first-order valence-corrected chi connectivity index (χ1v) is 7.45. The number of nitrogens with one attached hydrogen (secondary N) is 2. The first kappa shape index (κ1) is 18.9. The van der Waals surface area contributed by atoms with Gasteiger partial charge in [0.1, 0.15) is 6.61 Å². The van der Waals surface area contributed by atoms with Gasteiger partial charge in [0.25, 0.3) is 0 Å². The summed E-state index contributed by atoms with van der Waals surface area (Å²) in [5.74, 6) is -0.309. The lowest BCUT2D eigenvalue weighted by Crippen LogP contribution is -2.34. The van der Waals surface area contributed by atoms with E-state index in [1.54, 1.807) is 32.0 Å². The lowest BCUT2D eigenvalue weighted by molar-refractivity contribution is -0.153. The molecule has 2 amide bonds. The zero-order valence-electron chi connectivity index (χ0n) is 13.6. The number of urea groups is 1. The van der Waals surface area contributed by atoms with E-state index in [-0.39, 0.29) is 24.7 Å². The van der Waals surface area contributed by atoms with Gasteiger partial charge >= 0.3 is 12.0 Å². The van der Waals surface area contributed by atoms with Crippen LogP contribution in [0.3, 0.4) is 0 Å². The lowest BCUT2D eigenvalue weighted by atomic mass is 9.91. The van der Waals surface area contributed by atoms with Gasteiger partial charge in [-0.1, -0.05) is 25.1 Å². The van der Waals surface area contributed by atoms with Crippen molar-refractivity contribution in [3.05, 3.63) is 29.8 Å². The zero-order valence-corrected chi connectivity index (χ0v) is 13.6. The number of hydrogen-bond donors (Lipinski definition) is 4. The quantitative estimate of drug-likeness (QED) is 0.347. The molecule has 4 N–H and O–H groups in total. The molecule has 0 aromatic heterocycles. The van der Waals surface area contributed by atoms with Crippen molar-refractivity contribution in [2.45, 2.75) is 33.5 Å². The SMILES string of the molecule is CCC(C)(C)C(=O)OCCNC(=O)Nc1ccccc1C(O)O. The average Bonchev–Trinajstić information content (AvgIpc) is 2.51. The van der Waals surface area contributed by atoms with Crippen LogP contribution in [0, 0.1) is 5.41 Å². The molecule has 0 bridgehead atoms. The summed E-state index contributed by atoms with van der Waals surface area (Å²) >= 11 is 0. The lowest BCUT2D eigenvalue weighted by Gasteiger charge is -2.20. The Labute approximate surface area is 135 Å². The molecule has 0 aliphatic carbocycles. The fourth-order valence-corrected chi connectivity index (χ4v) is 1.65. The molecular formula is C16H24N2O5. The van der Waals surface area contributed by atoms with Gasteiger partial charge in [0.05, 0.1) is 17.6 Å². The standard InChI is InChI=1S/C16H24N2O5/c1-4-16(2,3)14(21)23-10-9-17-15(22)18-12-8-6-5-7-11(12)13(19)20/h5-8,13,19-20H,4,9-10H2,1-3H3,(H2,17,18,22). The van der Waals surface area contributed by atoms with Crippen LogP contribution in [0.2, 0.25) is 0 Å². The number of aliphatic hydroxyl groups excluding tert-OH is 1. The Hall–Kier alpha value is -2.12. The first-order valence-electron chi connectivity index (χ1n) is 7.45. The minimum atomic E-state index is -1.68. The van der Waals surface area contributed by atoms with Crippen molar-refractivity contribution < 1.29 is 24.5 Å². The van der Waals surface area contributed by atoms with E-state index in [1.807, 2.05) is 6.92 Å². The first-order chi connectivity index (χ1) is 10.8. The third-order valence-corrected chi connectivity index (χ3v) is 3.54. The predicted octanol–water partition coefficient (Wildman–Crippen LogP) is 1.77. The number of amides is 2. The largest absolute Gasteiger partial charge is 0.463 e. The van der Waals surface area contributed by atoms with Crippen molar-refractivity contribution >= 4 is 17.7 Å². The van der Waals surface area contributed by atoms with Crippen LogP contribution in [0.15, 0.2) is 24.3 Å². The number of esters is 1. The Bertz CT molecular complexity index is 543. The molecule has 0 saturated heterocycles. The van der Waals surface area contributed by atoms with Gasteiger partial charge < -0.3 is 25.6 Å². The maximum absolute atomic E-state index is 11.8. The third kappa shape index (κ3) is 5.88. The summed E-state index contributed by atoms with van der Waals surface area (Å²) in [6.45, 7) is 5.72. The molecule has 0 atom stereocenters. The summed E-state index contributed by atoms with van der Waals surface area (Å²) in [5, 5.41) is 23.5. The van der Waals surface area contributed by atoms with Gasteiger partial charge in [-0.15, -0.1) is 0 Å². The topological polar surface area (TPSA) is 108 Å². The highest BCUT2D eigenvalue weighted by Gasteiger charge is 2.26. The molecule has 0 fully saturated rings. The molecule has 1 rings (SSSR count). The molecule has 23 heavy (non-hydrogen) atoms. The Morgan fingerprint density at radius 2 is 1.91 bits per heavy atom. The van der Waals surface area contributed by atoms with Crippen LogP contribution in [-0.2, 0) is 9.53 Å². The number of hydrogen-bond acceptors (Lipinski definition) is 5. The van der Waals surface area contributed by atoms with E-state index >= 15 is 0 Å². The number of carbonyl (C=O) groups is 2. The van der Waals surface area contributed by atoms with E-state index in [4.69, 9.17) is 4.74 Å². The van der Waals surface area contributed by atoms with Gasteiger partial charge in [-0.3, -0.25) is 4.79 Å². The molecule has 7 nitrogen and oxygen atoms in total. The Kier molecular flexibility index (Phi) is 6.99. The number of aliphatic hydroxyl groups is 2. The molecule has 1 aromatic rings. The van der Waals surface area contributed by atoms with Crippen molar-refractivity contribution in [1.29, 1.82) is 0 Å². The van der Waals surface area contributed by atoms with Gasteiger partial charge in [-0.2, -0.15) is 0 Å². The number of benzene rings is 1. The average molecular weight is 324 g/mol. The molecule has 7 heteroatoms. The van der Waals surface area contributed by atoms with Gasteiger partial charge in [0.2, 0.25) is 0 Å². The van der Waals surface area contributed by atoms with Crippen molar-refractivity contribution in [2.75, 3.05) is 18.5 Å². The molecule has 0 heterocycles. The van der Waals surface area contributed by atoms with E-state index in [0.717, 1.165) is 0 Å². The predicted molar refractivity (Wildman–Crippen MR) is 85.7 cm³/mol. The minimum absolute atomic E-state index is 0.0694. The minimum Gasteiger partial charge on any atom is -0.463 e. The van der Waals surface area contributed by atoms with Crippen molar-refractivity contribution in [2.24, 2.45) is 5.41 Å². The molecule has 0 radical (unpaired) electrons. The summed E-state index contributed by atoms with van der Waals surface area (Å²) in [7, 11) is 0. The van der Waals surface area contributed by atoms with Gasteiger partial charge in [0, 0.05) is 5.56 Å². The number of carbonyl (C=O) groups excluding carboxylic acids is 2. The van der Waals surface area contributed by atoms with Crippen LogP contribution >= 0.6 is 0 Å². The summed E-state index contributed by atoms with van der Waals surface area (Å²) in [6, 6.07) is 5.82. The summed E-state index contributed by atoms with van der Waals surface area (Å²) in [4.78, 5) is 23.5. The normalized spacial score (nSPS) is 11.2. The second-order valence-corrected chi connectivity index (χ2v) is 5.72. The molecule has 0 aliphatic rings. The summed E-state index contributed by atoms with van der Waals surface area (Å²) in [6.07, 6.45) is -1.01. The Morgan fingerprint density at radius 1 is 1.26 bits per heavy atom. The Morgan fingerprint density at radius 3 is 2.52 bits per heavy atom. The molecule has 1 aromatic carbocycles. The maximum atomic E-state index is 11.8. The van der Waals surface area contributed by atoms with Crippen molar-refractivity contribution in [1.82, 2.24) is 5.32 Å². The van der Waals surface area contributed by atoms with Crippen LogP contribution < -0.4 is 10.6 Å². The highest BCUT2D eigenvalue weighted by atomic mass is 16.5. The maximum Gasteiger partial charge on any atom is 0.319 e. The van der Waals surface area contributed by atoms with Gasteiger partial charge in [-0.05, 0) is 26.3 Å². The third-order valence-electron chi connectivity index (χ3n) is 3.54. The van der Waals surface area contributed by atoms with Crippen molar-refractivity contribution in [3.8, 4) is 0 Å². The molecule has 0 saturated carbocycles. The second kappa shape index (κ2) is 8.50. The van der Waals surface area contributed by atoms with Crippen LogP contribution in [0.5, 0.6) is 0 Å². The summed E-state index contributed by atoms with van der Waals surface area (Å²) in [5.41, 5.74) is -0.0544.